The van der Waals surface area contributed by atoms with E-state index in [9.17, 15) is 4.79 Å². The van der Waals surface area contributed by atoms with Gasteiger partial charge in [0.15, 0.2) is 0 Å². The average Bonchev–Trinajstić information content (AvgIpc) is 3.43. The number of aromatic nitrogens is 2. The molecule has 1 fully saturated rings. The normalized spacial score (nSPS) is 18.4. The van der Waals surface area contributed by atoms with E-state index in [4.69, 9.17) is 5.73 Å². The maximum atomic E-state index is 13.3. The van der Waals surface area contributed by atoms with Crippen LogP contribution >= 0.6 is 0 Å². The molecule has 1 heterocycles. The van der Waals surface area contributed by atoms with E-state index in [1.165, 1.54) is 5.82 Å². The molecule has 4 nitrogen and oxygen atoms in total. The zero-order chi connectivity index (χ0) is 22.6. The zero-order valence-corrected chi connectivity index (χ0v) is 21.1. The summed E-state index contributed by atoms with van der Waals surface area (Å²) in [6.07, 6.45) is 12.8. The topological polar surface area (TPSA) is 51.9 Å². The fourth-order valence-electron chi connectivity index (χ4n) is 5.58. The van der Waals surface area contributed by atoms with Crippen molar-refractivity contribution in [2.45, 2.75) is 57.5 Å². The molecule has 2 unspecified atom stereocenters. The second-order valence-electron chi connectivity index (χ2n) is 8.85. The van der Waals surface area contributed by atoms with Gasteiger partial charge in [0.1, 0.15) is 30.4 Å². The number of nitrogens with two attached hydrogens (primary N) is 1. The predicted octanol–water partition coefficient (Wildman–Crippen LogP) is 1.87. The van der Waals surface area contributed by atoms with Gasteiger partial charge >= 0.3 is 0 Å². The highest BCUT2D eigenvalue weighted by molar-refractivity contribution is 5.91. The molecular formula is C28H34BrN3O. The summed E-state index contributed by atoms with van der Waals surface area (Å²) in [5.41, 5.74) is 7.41. The monoisotopic (exact) mass is 507 g/mol. The molecule has 5 heteroatoms. The summed E-state index contributed by atoms with van der Waals surface area (Å²) < 4.78 is 4.68. The van der Waals surface area contributed by atoms with E-state index in [1.807, 2.05) is 36.4 Å². The lowest BCUT2D eigenvalue weighted by Gasteiger charge is -2.37. The molecule has 0 bridgehead atoms. The van der Waals surface area contributed by atoms with Gasteiger partial charge in [0.05, 0.1) is 0 Å². The number of amides is 1. The highest BCUT2D eigenvalue weighted by Gasteiger charge is 2.51. The summed E-state index contributed by atoms with van der Waals surface area (Å²) in [6.45, 7) is 5.23. The Morgan fingerprint density at radius 2 is 1.67 bits per heavy atom. The molecule has 174 valence electrons. The van der Waals surface area contributed by atoms with Crippen LogP contribution in [0, 0.1) is 12.8 Å². The number of benzene rings is 2. The van der Waals surface area contributed by atoms with Gasteiger partial charge in [0, 0.05) is 6.92 Å². The molecule has 1 aromatic heterocycles. The van der Waals surface area contributed by atoms with Gasteiger partial charge in [0.25, 0.3) is 5.82 Å². The average molecular weight is 509 g/mol. The number of rotatable bonds is 8. The van der Waals surface area contributed by atoms with E-state index in [1.54, 1.807) is 0 Å². The molecule has 4 rings (SSSR count). The minimum Gasteiger partial charge on any atom is -1.00 e. The predicted molar refractivity (Wildman–Crippen MR) is 128 cm³/mol. The zero-order valence-electron chi connectivity index (χ0n) is 19.5. The van der Waals surface area contributed by atoms with Crippen LogP contribution in [0.2, 0.25) is 0 Å². The Bertz CT molecular complexity index is 1040. The summed E-state index contributed by atoms with van der Waals surface area (Å²) >= 11 is 0. The van der Waals surface area contributed by atoms with Crippen molar-refractivity contribution in [3.63, 3.8) is 0 Å². The van der Waals surface area contributed by atoms with Crippen LogP contribution in [0.5, 0.6) is 0 Å². The largest absolute Gasteiger partial charge is 1.00 e. The quantitative estimate of drug-likeness (QED) is 0.367. The van der Waals surface area contributed by atoms with E-state index >= 15 is 0 Å². The first-order valence-electron chi connectivity index (χ1n) is 11.7. The molecule has 0 saturated heterocycles. The lowest BCUT2D eigenvalue weighted by atomic mass is 9.64. The summed E-state index contributed by atoms with van der Waals surface area (Å²) in [7, 11) is 0. The molecule has 2 aromatic carbocycles. The second-order valence-corrected chi connectivity index (χ2v) is 8.85. The van der Waals surface area contributed by atoms with E-state index in [2.05, 4.69) is 71.8 Å². The van der Waals surface area contributed by atoms with Gasteiger partial charge in [-0.05, 0) is 48.8 Å². The lowest BCUT2D eigenvalue weighted by Crippen LogP contribution is -3.00. The van der Waals surface area contributed by atoms with Gasteiger partial charge in [-0.1, -0.05) is 73.7 Å². The molecule has 0 spiro atoms. The number of imidazole rings is 1. The molecule has 3 aromatic rings. The first-order chi connectivity index (χ1) is 15.6. The minimum absolute atomic E-state index is 0. The van der Waals surface area contributed by atoms with E-state index < -0.39 is 5.41 Å². The van der Waals surface area contributed by atoms with Crippen molar-refractivity contribution in [3.8, 4) is 0 Å². The molecule has 2 atom stereocenters. The van der Waals surface area contributed by atoms with E-state index in [0.717, 1.165) is 43.4 Å². The molecule has 1 saturated carbocycles. The molecule has 2 N–H and O–H groups in total. The van der Waals surface area contributed by atoms with Crippen molar-refractivity contribution in [2.24, 2.45) is 11.7 Å². The van der Waals surface area contributed by atoms with Gasteiger partial charge in [-0.15, -0.1) is 0 Å². The number of carbonyl (C=O) groups is 1. The second kappa shape index (κ2) is 11.0. The van der Waals surface area contributed by atoms with Crippen LogP contribution in [-0.4, -0.2) is 10.5 Å². The van der Waals surface area contributed by atoms with Crippen LogP contribution in [0.15, 0.2) is 85.2 Å². The number of nitrogens with zero attached hydrogens (tertiary/aromatic N) is 2. The summed E-state index contributed by atoms with van der Waals surface area (Å²) in [6, 6.07) is 20.6. The molecule has 0 radical (unpaired) electrons. The number of allylic oxidation sites excluding steroid dienone is 2. The number of hydrogen-bond acceptors (Lipinski definition) is 1. The molecule has 1 aliphatic carbocycles. The van der Waals surface area contributed by atoms with Crippen LogP contribution in [-0.2, 0) is 16.8 Å². The van der Waals surface area contributed by atoms with E-state index in [0.29, 0.717) is 6.04 Å². The van der Waals surface area contributed by atoms with Crippen molar-refractivity contribution in [1.29, 1.82) is 0 Å². The molecule has 1 aliphatic rings. The number of carbonyl (C=O) groups excluding carboxylic acids is 1. The maximum absolute atomic E-state index is 13.3. The van der Waals surface area contributed by atoms with Gasteiger partial charge in [-0.3, -0.25) is 4.79 Å². The number of primary amides is 1. The van der Waals surface area contributed by atoms with Gasteiger partial charge < -0.3 is 22.7 Å². The summed E-state index contributed by atoms with van der Waals surface area (Å²) in [5, 5.41) is 0. The van der Waals surface area contributed by atoms with Crippen molar-refractivity contribution in [1.82, 2.24) is 4.57 Å². The number of hydrogen-bond donors (Lipinski definition) is 1. The van der Waals surface area contributed by atoms with Crippen LogP contribution in [0.4, 0.5) is 0 Å². The minimum atomic E-state index is -0.821. The van der Waals surface area contributed by atoms with Crippen LogP contribution in [0.3, 0.4) is 0 Å². The fraction of sp³-hybridized carbons (Fsp3) is 0.357. The maximum Gasteiger partial charge on any atom is 0.253 e. The van der Waals surface area contributed by atoms with Gasteiger partial charge in [0.2, 0.25) is 5.91 Å². The van der Waals surface area contributed by atoms with E-state index in [-0.39, 0.29) is 28.8 Å². The molecule has 1 amide bonds. The third-order valence-electron chi connectivity index (χ3n) is 7.16. The van der Waals surface area contributed by atoms with Gasteiger partial charge in [-0.2, -0.15) is 0 Å². The van der Waals surface area contributed by atoms with Crippen LogP contribution in [0.25, 0.3) is 0 Å². The lowest BCUT2D eigenvalue weighted by molar-refractivity contribution is -0.692. The molecule has 33 heavy (non-hydrogen) atoms. The third kappa shape index (κ3) is 4.70. The Labute approximate surface area is 207 Å². The highest BCUT2D eigenvalue weighted by atomic mass is 79.9. The van der Waals surface area contributed by atoms with Crippen molar-refractivity contribution >= 4 is 5.91 Å². The fourth-order valence-corrected chi connectivity index (χ4v) is 5.58. The number of halogens is 1. The highest BCUT2D eigenvalue weighted by Crippen LogP contribution is 2.49. The van der Waals surface area contributed by atoms with Gasteiger partial charge in [-0.25, -0.2) is 9.13 Å². The Morgan fingerprint density at radius 1 is 1.06 bits per heavy atom. The first kappa shape index (κ1) is 25.0. The summed E-state index contributed by atoms with van der Waals surface area (Å²) in [5.74, 6) is 1.13. The SMILES string of the molecule is CCC=CC[n+]1ccn(C2CCC(C(C(N)=O)(c3ccccc3)c3ccccc3)C2)c1C.[Br-]. The van der Waals surface area contributed by atoms with Crippen molar-refractivity contribution in [3.05, 3.63) is 102 Å². The van der Waals surface area contributed by atoms with Crippen LogP contribution < -0.4 is 27.3 Å². The molecule has 0 aliphatic heterocycles. The Balaban J connectivity index is 0.00000306. The standard InChI is InChI=1S/C28H33N3O.BrH/c1-3-4-11-18-30-19-20-31(22(30)2)26-17-16-25(21-26)28(27(29)32,23-12-7-5-8-13-23)24-14-9-6-10-15-24;/h4-15,19-20,25-26H,3,16-18,21H2,1-2H3,(H-,29,32);1H. The Kier molecular flexibility index (Phi) is 8.30. The smallest absolute Gasteiger partial charge is 0.253 e. The summed E-state index contributed by atoms with van der Waals surface area (Å²) in [4.78, 5) is 13.3. The molecular weight excluding hydrogens is 474 g/mol. The Morgan fingerprint density at radius 3 is 2.21 bits per heavy atom. The third-order valence-corrected chi connectivity index (χ3v) is 7.16. The van der Waals surface area contributed by atoms with Crippen LogP contribution in [0.1, 0.15) is 55.6 Å². The van der Waals surface area contributed by atoms with Crippen molar-refractivity contribution in [2.75, 3.05) is 0 Å². The van der Waals surface area contributed by atoms with Crippen molar-refractivity contribution < 1.29 is 26.3 Å². The Hall–Kier alpha value is -2.66. The first-order valence-corrected chi connectivity index (χ1v) is 11.7.